The summed E-state index contributed by atoms with van der Waals surface area (Å²) in [6, 6.07) is 13.1. The number of amides is 2. The summed E-state index contributed by atoms with van der Waals surface area (Å²) in [4.78, 5) is 35.3. The lowest BCUT2D eigenvalue weighted by Gasteiger charge is -2.05. The van der Waals surface area contributed by atoms with Crippen molar-refractivity contribution in [1.82, 2.24) is 5.43 Å². The van der Waals surface area contributed by atoms with Crippen molar-refractivity contribution in [2.75, 3.05) is 18.5 Å². The Morgan fingerprint density at radius 3 is 2.21 bits per heavy atom. The smallest absolute Gasteiger partial charge is 0.338 e. The molecule has 0 saturated carbocycles. The van der Waals surface area contributed by atoms with Gasteiger partial charge in [-0.2, -0.15) is 5.10 Å². The maximum Gasteiger partial charge on any atom is 0.338 e. The molecule has 8 nitrogen and oxygen atoms in total. The number of hydrazone groups is 1. The molecule has 0 aliphatic carbocycles. The second-order valence-electron chi connectivity index (χ2n) is 5.45. The van der Waals surface area contributed by atoms with Crippen LogP contribution in [0.25, 0.3) is 0 Å². The van der Waals surface area contributed by atoms with Crippen LogP contribution in [0.5, 0.6) is 5.75 Å². The van der Waals surface area contributed by atoms with Gasteiger partial charge in [-0.1, -0.05) is 0 Å². The van der Waals surface area contributed by atoms with E-state index in [0.29, 0.717) is 17.9 Å². The number of carbonyl (C=O) groups is 3. The van der Waals surface area contributed by atoms with Gasteiger partial charge in [0.1, 0.15) is 5.75 Å². The van der Waals surface area contributed by atoms with Crippen LogP contribution < -0.4 is 15.5 Å². The molecule has 0 bridgehead atoms. The zero-order chi connectivity index (χ0) is 20.4. The fraction of sp³-hybridized carbons (Fsp3) is 0.200. The van der Waals surface area contributed by atoms with Crippen LogP contribution in [0.4, 0.5) is 5.69 Å². The highest BCUT2D eigenvalue weighted by Gasteiger charge is 2.13. The molecule has 2 aromatic carbocycles. The first-order valence-electron chi connectivity index (χ1n) is 8.68. The molecule has 28 heavy (non-hydrogen) atoms. The first kappa shape index (κ1) is 20.6. The Kier molecular flexibility index (Phi) is 7.71. The fourth-order valence-corrected chi connectivity index (χ4v) is 2.12. The average Bonchev–Trinajstić information content (AvgIpc) is 2.70. The van der Waals surface area contributed by atoms with Crippen molar-refractivity contribution in [3.63, 3.8) is 0 Å². The van der Waals surface area contributed by atoms with E-state index in [4.69, 9.17) is 9.47 Å². The molecule has 0 radical (unpaired) electrons. The molecule has 0 spiro atoms. The van der Waals surface area contributed by atoms with Crippen LogP contribution in [0, 0.1) is 0 Å². The molecule has 2 aromatic rings. The Balaban J connectivity index is 1.85. The monoisotopic (exact) mass is 383 g/mol. The van der Waals surface area contributed by atoms with Crippen molar-refractivity contribution in [2.24, 2.45) is 5.10 Å². The Morgan fingerprint density at radius 1 is 0.929 bits per heavy atom. The van der Waals surface area contributed by atoms with Crippen LogP contribution in [0.3, 0.4) is 0 Å². The lowest BCUT2D eigenvalue weighted by atomic mass is 10.2. The number of hydrogen-bond acceptors (Lipinski definition) is 6. The highest BCUT2D eigenvalue weighted by Crippen LogP contribution is 2.11. The topological polar surface area (TPSA) is 106 Å². The van der Waals surface area contributed by atoms with Crippen LogP contribution in [0.2, 0.25) is 0 Å². The van der Waals surface area contributed by atoms with Gasteiger partial charge in [0.05, 0.1) is 25.0 Å². The first-order chi connectivity index (χ1) is 13.5. The lowest BCUT2D eigenvalue weighted by molar-refractivity contribution is -0.136. The Hall–Kier alpha value is -3.68. The molecule has 0 saturated heterocycles. The van der Waals surface area contributed by atoms with Gasteiger partial charge >= 0.3 is 17.8 Å². The minimum Gasteiger partial charge on any atom is -0.494 e. The molecule has 0 unspecified atom stereocenters. The minimum absolute atomic E-state index is 0.272. The summed E-state index contributed by atoms with van der Waals surface area (Å²) in [6.07, 6.45) is 1.41. The van der Waals surface area contributed by atoms with Crippen molar-refractivity contribution >= 4 is 29.7 Å². The number of ether oxygens (including phenoxy) is 2. The SMILES string of the molecule is CCOC(=O)c1ccc(NC(=O)C(=O)N/N=C/c2ccc(OCC)cc2)cc1. The van der Waals surface area contributed by atoms with Gasteiger partial charge in [-0.15, -0.1) is 0 Å². The van der Waals surface area contributed by atoms with Crippen LogP contribution in [0.1, 0.15) is 29.8 Å². The van der Waals surface area contributed by atoms with Gasteiger partial charge in [0, 0.05) is 5.69 Å². The van der Waals surface area contributed by atoms with Gasteiger partial charge in [-0.25, -0.2) is 10.2 Å². The van der Waals surface area contributed by atoms with E-state index in [1.807, 2.05) is 6.92 Å². The van der Waals surface area contributed by atoms with E-state index in [1.165, 1.54) is 30.5 Å². The van der Waals surface area contributed by atoms with Crippen LogP contribution >= 0.6 is 0 Å². The predicted octanol–water partition coefficient (Wildman–Crippen LogP) is 2.35. The van der Waals surface area contributed by atoms with Crippen molar-refractivity contribution in [1.29, 1.82) is 0 Å². The van der Waals surface area contributed by atoms with Gasteiger partial charge < -0.3 is 14.8 Å². The predicted molar refractivity (Wildman–Crippen MR) is 104 cm³/mol. The summed E-state index contributed by atoms with van der Waals surface area (Å²) >= 11 is 0. The van der Waals surface area contributed by atoms with Gasteiger partial charge in [0.15, 0.2) is 0 Å². The van der Waals surface area contributed by atoms with E-state index in [0.717, 1.165) is 11.3 Å². The number of carbonyl (C=O) groups excluding carboxylic acids is 3. The summed E-state index contributed by atoms with van der Waals surface area (Å²) in [5, 5.41) is 6.17. The zero-order valence-electron chi connectivity index (χ0n) is 15.6. The van der Waals surface area contributed by atoms with Gasteiger partial charge in [0.2, 0.25) is 0 Å². The van der Waals surface area contributed by atoms with E-state index in [-0.39, 0.29) is 6.61 Å². The number of hydrogen-bond donors (Lipinski definition) is 2. The average molecular weight is 383 g/mol. The maximum absolute atomic E-state index is 11.9. The molecule has 0 aromatic heterocycles. The highest BCUT2D eigenvalue weighted by molar-refractivity contribution is 6.39. The molecule has 146 valence electrons. The molecule has 0 aliphatic rings. The Labute approximate surface area is 162 Å². The lowest BCUT2D eigenvalue weighted by Crippen LogP contribution is -2.32. The molecule has 0 fully saturated rings. The maximum atomic E-state index is 11.9. The van der Waals surface area contributed by atoms with E-state index >= 15 is 0 Å². The third-order valence-corrected chi connectivity index (χ3v) is 3.43. The zero-order valence-corrected chi connectivity index (χ0v) is 15.6. The number of rotatable bonds is 7. The second kappa shape index (κ2) is 10.5. The van der Waals surface area contributed by atoms with E-state index < -0.39 is 17.8 Å². The van der Waals surface area contributed by atoms with Crippen molar-refractivity contribution in [2.45, 2.75) is 13.8 Å². The summed E-state index contributed by atoms with van der Waals surface area (Å²) in [6.45, 7) is 4.45. The third-order valence-electron chi connectivity index (χ3n) is 3.43. The molecule has 0 aliphatic heterocycles. The van der Waals surface area contributed by atoms with Crippen LogP contribution in [-0.4, -0.2) is 37.2 Å². The standard InChI is InChI=1S/C20H21N3O5/c1-3-27-17-11-5-14(6-12-17)13-21-23-19(25)18(24)22-16-9-7-15(8-10-16)20(26)28-4-2/h5-13H,3-4H2,1-2H3,(H,22,24)(H,23,25)/b21-13+. The van der Waals surface area contributed by atoms with Crippen LogP contribution in [-0.2, 0) is 14.3 Å². The molecule has 2 N–H and O–H groups in total. The summed E-state index contributed by atoms with van der Waals surface area (Å²) in [5.74, 6) is -1.52. The molecular formula is C20H21N3O5. The third kappa shape index (κ3) is 6.24. The quantitative estimate of drug-likeness (QED) is 0.330. The molecular weight excluding hydrogens is 362 g/mol. The van der Waals surface area contributed by atoms with Crippen molar-refractivity contribution in [3.8, 4) is 5.75 Å². The Morgan fingerprint density at radius 2 is 1.61 bits per heavy atom. The number of benzene rings is 2. The van der Waals surface area contributed by atoms with Crippen molar-refractivity contribution in [3.05, 3.63) is 59.7 Å². The minimum atomic E-state index is -0.920. The molecule has 2 amide bonds. The number of nitrogens with zero attached hydrogens (tertiary/aromatic N) is 1. The summed E-state index contributed by atoms with van der Waals surface area (Å²) in [7, 11) is 0. The number of esters is 1. The highest BCUT2D eigenvalue weighted by atomic mass is 16.5. The number of anilines is 1. The van der Waals surface area contributed by atoms with Crippen molar-refractivity contribution < 1.29 is 23.9 Å². The largest absolute Gasteiger partial charge is 0.494 e. The Bertz CT molecular complexity index is 845. The molecule has 0 atom stereocenters. The normalized spacial score (nSPS) is 10.4. The van der Waals surface area contributed by atoms with E-state index in [1.54, 1.807) is 31.2 Å². The molecule has 2 rings (SSSR count). The fourth-order valence-electron chi connectivity index (χ4n) is 2.12. The van der Waals surface area contributed by atoms with Gasteiger partial charge in [-0.05, 0) is 67.9 Å². The number of nitrogens with one attached hydrogen (secondary N) is 2. The van der Waals surface area contributed by atoms with Gasteiger partial charge in [-0.3, -0.25) is 9.59 Å². The second-order valence-corrected chi connectivity index (χ2v) is 5.45. The van der Waals surface area contributed by atoms with Crippen LogP contribution in [0.15, 0.2) is 53.6 Å². The first-order valence-corrected chi connectivity index (χ1v) is 8.68. The summed E-state index contributed by atoms with van der Waals surface area (Å²) < 4.78 is 10.2. The molecule has 8 heteroatoms. The van der Waals surface area contributed by atoms with E-state index in [9.17, 15) is 14.4 Å². The van der Waals surface area contributed by atoms with Gasteiger partial charge in [0.25, 0.3) is 0 Å². The van der Waals surface area contributed by atoms with E-state index in [2.05, 4.69) is 15.8 Å². The molecule has 0 heterocycles. The summed E-state index contributed by atoms with van der Waals surface area (Å²) in [5.41, 5.74) is 3.60.